The van der Waals surface area contributed by atoms with Crippen LogP contribution in [0.1, 0.15) is 20.3 Å². The number of ether oxygens (including phenoxy) is 2. The molecule has 0 N–H and O–H groups in total. The Bertz CT molecular complexity index is 202. The first kappa shape index (κ1) is 16.4. The lowest BCUT2D eigenvalue weighted by atomic mass is 10.2. The molecule has 0 fully saturated rings. The summed E-state index contributed by atoms with van der Waals surface area (Å²) in [6.07, 6.45) is 2.54. The molecular formula is C12H27N3O2. The summed E-state index contributed by atoms with van der Waals surface area (Å²) in [4.78, 5) is 2.11. The Kier molecular flexibility index (Phi) is 9.03. The van der Waals surface area contributed by atoms with E-state index >= 15 is 0 Å². The van der Waals surface area contributed by atoms with Crippen molar-refractivity contribution >= 4 is 6.21 Å². The third-order valence-electron chi connectivity index (χ3n) is 2.27. The average molecular weight is 245 g/mol. The number of nitrogens with zero attached hydrogens (tertiary/aromatic N) is 3. The molecule has 0 spiro atoms. The van der Waals surface area contributed by atoms with E-state index in [0.29, 0.717) is 13.2 Å². The van der Waals surface area contributed by atoms with Crippen molar-refractivity contribution in [3.63, 3.8) is 0 Å². The molecule has 1 unspecified atom stereocenters. The first-order valence-electron chi connectivity index (χ1n) is 6.12. The van der Waals surface area contributed by atoms with Gasteiger partial charge >= 0.3 is 0 Å². The van der Waals surface area contributed by atoms with Crippen LogP contribution >= 0.6 is 0 Å². The van der Waals surface area contributed by atoms with E-state index in [4.69, 9.17) is 9.47 Å². The first-order chi connectivity index (χ1) is 8.01. The minimum Gasteiger partial charge on any atom is -0.353 e. The standard InChI is InChI=1S/C12H27N3O2/c1-7-16-12(17-8-2)9-11(14(3)4)10-13-15(5)6/h10-12H,7-9H2,1-6H3/b13-10+. The van der Waals surface area contributed by atoms with Crippen LogP contribution in [0.4, 0.5) is 0 Å². The van der Waals surface area contributed by atoms with Gasteiger partial charge in [-0.3, -0.25) is 0 Å². The monoisotopic (exact) mass is 245 g/mol. The molecule has 0 aromatic rings. The van der Waals surface area contributed by atoms with Gasteiger partial charge in [-0.25, -0.2) is 0 Å². The Morgan fingerprint density at radius 2 is 1.59 bits per heavy atom. The largest absolute Gasteiger partial charge is 0.353 e. The predicted octanol–water partition coefficient (Wildman–Crippen LogP) is 1.25. The third kappa shape index (κ3) is 8.12. The van der Waals surface area contributed by atoms with Crippen molar-refractivity contribution in [2.75, 3.05) is 41.4 Å². The van der Waals surface area contributed by atoms with Crippen molar-refractivity contribution in [3.8, 4) is 0 Å². The lowest BCUT2D eigenvalue weighted by Crippen LogP contribution is -2.35. The van der Waals surface area contributed by atoms with Gasteiger partial charge in [-0.05, 0) is 27.9 Å². The second-order valence-electron chi connectivity index (χ2n) is 4.22. The summed E-state index contributed by atoms with van der Waals surface area (Å²) in [6, 6.07) is 0.209. The van der Waals surface area contributed by atoms with Gasteiger partial charge < -0.3 is 19.4 Å². The zero-order valence-corrected chi connectivity index (χ0v) is 12.0. The maximum atomic E-state index is 5.55. The Morgan fingerprint density at radius 1 is 1.06 bits per heavy atom. The van der Waals surface area contributed by atoms with E-state index in [-0.39, 0.29) is 12.3 Å². The van der Waals surface area contributed by atoms with Crippen molar-refractivity contribution in [1.29, 1.82) is 0 Å². The molecule has 0 aromatic carbocycles. The summed E-state index contributed by atoms with van der Waals surface area (Å²) in [7, 11) is 7.88. The minimum atomic E-state index is -0.161. The molecule has 0 bridgehead atoms. The Balaban J connectivity index is 4.38. The molecule has 5 heteroatoms. The average Bonchev–Trinajstić information content (AvgIpc) is 2.23. The van der Waals surface area contributed by atoms with Gasteiger partial charge in [0.1, 0.15) is 0 Å². The Labute approximate surface area is 105 Å². The van der Waals surface area contributed by atoms with Crippen LogP contribution in [0.3, 0.4) is 0 Å². The zero-order valence-electron chi connectivity index (χ0n) is 12.0. The van der Waals surface area contributed by atoms with Gasteiger partial charge in [0.15, 0.2) is 6.29 Å². The quantitative estimate of drug-likeness (QED) is 0.348. The van der Waals surface area contributed by atoms with Gasteiger partial charge in [0, 0.05) is 39.9 Å². The number of hydrogen-bond donors (Lipinski definition) is 0. The molecule has 0 radical (unpaired) electrons. The van der Waals surface area contributed by atoms with Gasteiger partial charge in [0.05, 0.1) is 6.04 Å². The third-order valence-corrected chi connectivity index (χ3v) is 2.27. The zero-order chi connectivity index (χ0) is 13.3. The molecule has 0 aliphatic heterocycles. The van der Waals surface area contributed by atoms with E-state index in [0.717, 1.165) is 6.42 Å². The number of rotatable bonds is 9. The van der Waals surface area contributed by atoms with Crippen LogP contribution in [0.15, 0.2) is 5.10 Å². The first-order valence-corrected chi connectivity index (χ1v) is 6.12. The molecule has 0 saturated carbocycles. The van der Waals surface area contributed by atoms with Crippen LogP contribution in [0.25, 0.3) is 0 Å². The summed E-state index contributed by atoms with van der Waals surface area (Å²) in [5.41, 5.74) is 0. The Hall–Kier alpha value is -0.650. The molecule has 17 heavy (non-hydrogen) atoms. The molecule has 0 aliphatic rings. The van der Waals surface area contributed by atoms with Crippen LogP contribution in [0.2, 0.25) is 0 Å². The lowest BCUT2D eigenvalue weighted by molar-refractivity contribution is -0.143. The summed E-state index contributed by atoms with van der Waals surface area (Å²) < 4.78 is 11.1. The van der Waals surface area contributed by atoms with E-state index < -0.39 is 0 Å². The second kappa shape index (κ2) is 9.39. The highest BCUT2D eigenvalue weighted by atomic mass is 16.7. The molecule has 0 heterocycles. The number of hydrogen-bond acceptors (Lipinski definition) is 5. The molecule has 102 valence electrons. The summed E-state index contributed by atoms with van der Waals surface area (Å²) in [6.45, 7) is 5.28. The maximum absolute atomic E-state index is 5.55. The van der Waals surface area contributed by atoms with E-state index in [1.165, 1.54) is 0 Å². The van der Waals surface area contributed by atoms with E-state index in [1.54, 1.807) is 5.01 Å². The van der Waals surface area contributed by atoms with Crippen molar-refractivity contribution in [2.45, 2.75) is 32.6 Å². The predicted molar refractivity (Wildman–Crippen MR) is 71.3 cm³/mol. The van der Waals surface area contributed by atoms with E-state index in [9.17, 15) is 0 Å². The van der Waals surface area contributed by atoms with Gasteiger partial charge in [-0.2, -0.15) is 5.10 Å². The molecule has 0 aromatic heterocycles. The molecule has 5 nitrogen and oxygen atoms in total. The van der Waals surface area contributed by atoms with Crippen LogP contribution < -0.4 is 0 Å². The van der Waals surface area contributed by atoms with Crippen molar-refractivity contribution < 1.29 is 9.47 Å². The van der Waals surface area contributed by atoms with Gasteiger partial charge in [0.25, 0.3) is 0 Å². The van der Waals surface area contributed by atoms with Gasteiger partial charge in [-0.15, -0.1) is 0 Å². The molecule has 0 amide bonds. The highest BCUT2D eigenvalue weighted by Crippen LogP contribution is 2.08. The fourth-order valence-corrected chi connectivity index (χ4v) is 1.37. The lowest BCUT2D eigenvalue weighted by Gasteiger charge is -2.25. The second-order valence-corrected chi connectivity index (χ2v) is 4.22. The van der Waals surface area contributed by atoms with Crippen molar-refractivity contribution in [1.82, 2.24) is 9.91 Å². The summed E-state index contributed by atoms with van der Waals surface area (Å²) in [5, 5.41) is 6.06. The van der Waals surface area contributed by atoms with Crippen LogP contribution in [0, 0.1) is 0 Å². The van der Waals surface area contributed by atoms with Crippen molar-refractivity contribution in [2.24, 2.45) is 5.10 Å². The van der Waals surface area contributed by atoms with Gasteiger partial charge in [0.2, 0.25) is 0 Å². The summed E-state index contributed by atoms with van der Waals surface area (Å²) >= 11 is 0. The minimum absolute atomic E-state index is 0.161. The fraction of sp³-hybridized carbons (Fsp3) is 0.917. The molecular weight excluding hydrogens is 218 g/mol. The summed E-state index contributed by atoms with van der Waals surface area (Å²) in [5.74, 6) is 0. The SMILES string of the molecule is CCOC(CC(/C=N/N(C)C)N(C)C)OCC. The van der Waals surface area contributed by atoms with E-state index in [1.807, 2.05) is 48.3 Å². The molecule has 0 aliphatic carbocycles. The van der Waals surface area contributed by atoms with E-state index in [2.05, 4.69) is 10.0 Å². The molecule has 0 rings (SSSR count). The maximum Gasteiger partial charge on any atom is 0.159 e. The fourth-order valence-electron chi connectivity index (χ4n) is 1.37. The number of hydrazone groups is 1. The molecule has 1 atom stereocenters. The van der Waals surface area contributed by atoms with Crippen molar-refractivity contribution in [3.05, 3.63) is 0 Å². The topological polar surface area (TPSA) is 37.3 Å². The smallest absolute Gasteiger partial charge is 0.159 e. The van der Waals surface area contributed by atoms with Crippen LogP contribution in [0.5, 0.6) is 0 Å². The highest BCUT2D eigenvalue weighted by molar-refractivity contribution is 5.63. The van der Waals surface area contributed by atoms with Gasteiger partial charge in [-0.1, -0.05) is 0 Å². The highest BCUT2D eigenvalue weighted by Gasteiger charge is 2.17. The van der Waals surface area contributed by atoms with Crippen LogP contribution in [-0.4, -0.2) is 69.9 Å². The van der Waals surface area contributed by atoms with Crippen LogP contribution in [-0.2, 0) is 9.47 Å². The molecule has 0 saturated heterocycles. The normalized spacial score (nSPS) is 13.9. The Morgan fingerprint density at radius 3 is 1.94 bits per heavy atom.